The van der Waals surface area contributed by atoms with Crippen LogP contribution in [0.3, 0.4) is 0 Å². The maximum absolute atomic E-state index is 11.3. The van der Waals surface area contributed by atoms with E-state index in [2.05, 4.69) is 9.97 Å². The van der Waals surface area contributed by atoms with Crippen molar-refractivity contribution >= 4 is 0 Å². The fourth-order valence-electron chi connectivity index (χ4n) is 1.27. The topological polar surface area (TPSA) is 64.2 Å². The van der Waals surface area contributed by atoms with Crippen LogP contribution >= 0.6 is 0 Å². The third-order valence-corrected chi connectivity index (χ3v) is 1.91. The molecule has 1 atom stereocenters. The van der Waals surface area contributed by atoms with E-state index in [0.717, 1.165) is 0 Å². The van der Waals surface area contributed by atoms with Crippen LogP contribution in [0.2, 0.25) is 0 Å². The summed E-state index contributed by atoms with van der Waals surface area (Å²) in [4.78, 5) is 18.2. The van der Waals surface area contributed by atoms with Gasteiger partial charge in [0, 0.05) is 19.8 Å². The van der Waals surface area contributed by atoms with E-state index in [0.29, 0.717) is 24.7 Å². The number of nitrogens with one attached hydrogen (secondary N) is 1. The zero-order chi connectivity index (χ0) is 11.3. The molecule has 0 aliphatic carbocycles. The number of aromatic nitrogens is 2. The largest absolute Gasteiger partial charge is 0.378 e. The van der Waals surface area contributed by atoms with Crippen molar-refractivity contribution in [2.75, 3.05) is 13.7 Å². The lowest BCUT2D eigenvalue weighted by Gasteiger charge is -2.11. The molecule has 0 saturated heterocycles. The van der Waals surface area contributed by atoms with Crippen molar-refractivity contribution in [1.82, 2.24) is 9.97 Å². The summed E-state index contributed by atoms with van der Waals surface area (Å²) < 4.78 is 10.3. The van der Waals surface area contributed by atoms with Gasteiger partial charge in [0.25, 0.3) is 5.56 Å². The molecule has 1 N–H and O–H groups in total. The Hall–Kier alpha value is -1.20. The predicted molar refractivity (Wildman–Crippen MR) is 55.6 cm³/mol. The highest BCUT2D eigenvalue weighted by Crippen LogP contribution is 2.10. The smallest absolute Gasteiger partial charge is 0.251 e. The molecule has 1 aromatic heterocycles. The van der Waals surface area contributed by atoms with Crippen LogP contribution in [-0.2, 0) is 16.1 Å². The van der Waals surface area contributed by atoms with Gasteiger partial charge in [-0.05, 0) is 13.8 Å². The molecule has 0 amide bonds. The first-order valence-electron chi connectivity index (χ1n) is 4.88. The van der Waals surface area contributed by atoms with Gasteiger partial charge in [0.2, 0.25) is 0 Å². The molecular weight excluding hydrogens is 196 g/mol. The van der Waals surface area contributed by atoms with Crippen molar-refractivity contribution in [3.63, 3.8) is 0 Å². The monoisotopic (exact) mass is 212 g/mol. The summed E-state index contributed by atoms with van der Waals surface area (Å²) in [5.74, 6) is 0.538. The lowest BCUT2D eigenvalue weighted by Crippen LogP contribution is -2.16. The molecule has 1 unspecified atom stereocenters. The van der Waals surface area contributed by atoms with Gasteiger partial charge < -0.3 is 14.5 Å². The van der Waals surface area contributed by atoms with Gasteiger partial charge in [-0.3, -0.25) is 4.79 Å². The second-order valence-corrected chi connectivity index (χ2v) is 3.15. The number of nitrogens with zero attached hydrogens (tertiary/aromatic N) is 1. The Balaban J connectivity index is 2.92. The fraction of sp³-hybridized carbons (Fsp3) is 0.600. The van der Waals surface area contributed by atoms with E-state index in [1.165, 1.54) is 6.07 Å². The highest BCUT2D eigenvalue weighted by molar-refractivity contribution is 5.03. The number of aromatic amines is 1. The number of hydrogen-bond acceptors (Lipinski definition) is 4. The minimum atomic E-state index is -0.209. The molecule has 15 heavy (non-hydrogen) atoms. The van der Waals surface area contributed by atoms with Gasteiger partial charge in [0.1, 0.15) is 11.9 Å². The number of ether oxygens (including phenoxy) is 2. The van der Waals surface area contributed by atoms with E-state index < -0.39 is 0 Å². The molecule has 0 fully saturated rings. The standard InChI is InChI=1S/C10H16N2O3/c1-4-15-7(2)10-11-8(6-14-3)5-9(13)12-10/h5,7H,4,6H2,1-3H3,(H,11,12,13). The van der Waals surface area contributed by atoms with Crippen molar-refractivity contribution in [2.45, 2.75) is 26.6 Å². The van der Waals surface area contributed by atoms with Crippen LogP contribution in [0.15, 0.2) is 10.9 Å². The highest BCUT2D eigenvalue weighted by atomic mass is 16.5. The second-order valence-electron chi connectivity index (χ2n) is 3.15. The summed E-state index contributed by atoms with van der Waals surface area (Å²) in [6, 6.07) is 1.42. The molecule has 5 heteroatoms. The summed E-state index contributed by atoms with van der Waals surface area (Å²) in [5, 5.41) is 0. The summed E-state index contributed by atoms with van der Waals surface area (Å²) in [5.41, 5.74) is 0.432. The van der Waals surface area contributed by atoms with Crippen LogP contribution < -0.4 is 5.56 Å². The average molecular weight is 212 g/mol. The Morgan fingerprint density at radius 3 is 2.93 bits per heavy atom. The lowest BCUT2D eigenvalue weighted by molar-refractivity contribution is 0.0692. The summed E-state index contributed by atoms with van der Waals surface area (Å²) >= 11 is 0. The third-order valence-electron chi connectivity index (χ3n) is 1.91. The number of rotatable bonds is 5. The maximum Gasteiger partial charge on any atom is 0.251 e. The highest BCUT2D eigenvalue weighted by Gasteiger charge is 2.09. The van der Waals surface area contributed by atoms with E-state index in [-0.39, 0.29) is 11.7 Å². The molecule has 0 saturated carbocycles. The molecule has 0 aromatic carbocycles. The Labute approximate surface area is 88.4 Å². The molecule has 1 heterocycles. The SMILES string of the molecule is CCOC(C)c1nc(COC)cc(=O)[nH]1. The van der Waals surface area contributed by atoms with Gasteiger partial charge in [0.05, 0.1) is 12.3 Å². The molecule has 84 valence electrons. The van der Waals surface area contributed by atoms with E-state index in [9.17, 15) is 4.79 Å². The molecule has 1 rings (SSSR count). The fourth-order valence-corrected chi connectivity index (χ4v) is 1.27. The van der Waals surface area contributed by atoms with Crippen molar-refractivity contribution in [3.05, 3.63) is 27.9 Å². The second kappa shape index (κ2) is 5.63. The first-order valence-corrected chi connectivity index (χ1v) is 4.88. The van der Waals surface area contributed by atoms with E-state index in [1.54, 1.807) is 7.11 Å². The Bertz CT molecular complexity index is 362. The first kappa shape index (κ1) is 11.9. The zero-order valence-electron chi connectivity index (χ0n) is 9.24. The van der Waals surface area contributed by atoms with Crippen LogP contribution in [-0.4, -0.2) is 23.7 Å². The first-order chi connectivity index (χ1) is 7.17. The molecule has 1 aromatic rings. The van der Waals surface area contributed by atoms with Crippen LogP contribution in [0.4, 0.5) is 0 Å². The molecular formula is C10H16N2O3. The molecule has 0 aliphatic heterocycles. The maximum atomic E-state index is 11.3. The van der Waals surface area contributed by atoms with Crippen LogP contribution in [0.1, 0.15) is 31.5 Å². The Kier molecular flexibility index (Phi) is 4.45. The summed E-state index contributed by atoms with van der Waals surface area (Å²) in [7, 11) is 1.56. The van der Waals surface area contributed by atoms with Crippen LogP contribution in [0.5, 0.6) is 0 Å². The minimum absolute atomic E-state index is 0.182. The van der Waals surface area contributed by atoms with Gasteiger partial charge in [-0.25, -0.2) is 4.98 Å². The normalized spacial score (nSPS) is 12.7. The van der Waals surface area contributed by atoms with Crippen molar-refractivity contribution < 1.29 is 9.47 Å². The number of hydrogen-bond donors (Lipinski definition) is 1. The third kappa shape index (κ3) is 3.45. The number of methoxy groups -OCH3 is 1. The van der Waals surface area contributed by atoms with E-state index in [1.807, 2.05) is 13.8 Å². The quantitative estimate of drug-likeness (QED) is 0.791. The van der Waals surface area contributed by atoms with E-state index >= 15 is 0 Å². The molecule has 0 bridgehead atoms. The van der Waals surface area contributed by atoms with Gasteiger partial charge in [0.15, 0.2) is 0 Å². The van der Waals surface area contributed by atoms with Gasteiger partial charge >= 0.3 is 0 Å². The van der Waals surface area contributed by atoms with Gasteiger partial charge in [-0.2, -0.15) is 0 Å². The van der Waals surface area contributed by atoms with Crippen molar-refractivity contribution in [2.24, 2.45) is 0 Å². The summed E-state index contributed by atoms with van der Waals surface area (Å²) in [6.07, 6.45) is -0.209. The van der Waals surface area contributed by atoms with Crippen LogP contribution in [0.25, 0.3) is 0 Å². The number of H-pyrrole nitrogens is 1. The average Bonchev–Trinajstić information content (AvgIpc) is 2.17. The van der Waals surface area contributed by atoms with Gasteiger partial charge in [-0.15, -0.1) is 0 Å². The Morgan fingerprint density at radius 1 is 1.60 bits per heavy atom. The predicted octanol–water partition coefficient (Wildman–Crippen LogP) is 1.01. The van der Waals surface area contributed by atoms with Crippen molar-refractivity contribution in [3.8, 4) is 0 Å². The Morgan fingerprint density at radius 2 is 2.33 bits per heavy atom. The zero-order valence-corrected chi connectivity index (χ0v) is 9.24. The van der Waals surface area contributed by atoms with E-state index in [4.69, 9.17) is 9.47 Å². The lowest BCUT2D eigenvalue weighted by atomic mass is 10.3. The molecule has 0 radical (unpaired) electrons. The van der Waals surface area contributed by atoms with Crippen LogP contribution in [0, 0.1) is 0 Å². The van der Waals surface area contributed by atoms with Crippen molar-refractivity contribution in [1.29, 1.82) is 0 Å². The molecule has 0 spiro atoms. The summed E-state index contributed by atoms with van der Waals surface area (Å²) in [6.45, 7) is 4.65. The molecule has 0 aliphatic rings. The molecule has 5 nitrogen and oxygen atoms in total. The minimum Gasteiger partial charge on any atom is -0.378 e. The van der Waals surface area contributed by atoms with Gasteiger partial charge in [-0.1, -0.05) is 0 Å².